The maximum atomic E-state index is 12.3. The van der Waals surface area contributed by atoms with Crippen molar-refractivity contribution >= 4 is 6.29 Å². The van der Waals surface area contributed by atoms with Crippen LogP contribution >= 0.6 is 0 Å². The molecule has 0 N–H and O–H groups in total. The summed E-state index contributed by atoms with van der Waals surface area (Å²) in [5, 5.41) is 0. The molecule has 12 heavy (non-hydrogen) atoms. The third kappa shape index (κ3) is 1.47. The van der Waals surface area contributed by atoms with Crippen molar-refractivity contribution in [3.8, 4) is 0 Å². The molecular formula is C8H7F2NO. The number of aromatic nitrogens is 1. The summed E-state index contributed by atoms with van der Waals surface area (Å²) in [6, 6.07) is 0. The van der Waals surface area contributed by atoms with Gasteiger partial charge in [-0.25, -0.2) is 8.78 Å². The second-order valence-electron chi connectivity index (χ2n) is 2.38. The quantitative estimate of drug-likeness (QED) is 0.638. The van der Waals surface area contributed by atoms with Gasteiger partial charge in [0.1, 0.15) is 0 Å². The molecule has 0 radical (unpaired) electrons. The summed E-state index contributed by atoms with van der Waals surface area (Å²) >= 11 is 0. The van der Waals surface area contributed by atoms with Crippen LogP contribution in [-0.4, -0.2) is 11.3 Å². The smallest absolute Gasteiger partial charge is 0.264 e. The van der Waals surface area contributed by atoms with Crippen molar-refractivity contribution in [1.82, 2.24) is 4.98 Å². The lowest BCUT2D eigenvalue weighted by atomic mass is 10.1. The number of carbonyl (C=O) groups is 1. The molecule has 0 aliphatic rings. The Balaban J connectivity index is 3.29. The van der Waals surface area contributed by atoms with Gasteiger partial charge in [0.05, 0.1) is 0 Å². The van der Waals surface area contributed by atoms with Gasteiger partial charge in [-0.3, -0.25) is 9.78 Å². The van der Waals surface area contributed by atoms with E-state index < -0.39 is 6.43 Å². The Morgan fingerprint density at radius 2 is 2.17 bits per heavy atom. The Morgan fingerprint density at radius 3 is 2.58 bits per heavy atom. The number of aryl methyl sites for hydroxylation is 1. The fourth-order valence-corrected chi connectivity index (χ4v) is 0.988. The lowest BCUT2D eigenvalue weighted by Gasteiger charge is -2.05. The average Bonchev–Trinajstić information content (AvgIpc) is 2.03. The average molecular weight is 171 g/mol. The van der Waals surface area contributed by atoms with Gasteiger partial charge in [0.2, 0.25) is 0 Å². The zero-order valence-corrected chi connectivity index (χ0v) is 6.42. The molecule has 64 valence electrons. The Hall–Kier alpha value is -1.32. The second kappa shape index (κ2) is 3.38. The monoisotopic (exact) mass is 171 g/mol. The molecule has 0 bridgehead atoms. The molecule has 0 amide bonds. The van der Waals surface area contributed by atoms with E-state index in [2.05, 4.69) is 4.98 Å². The highest BCUT2D eigenvalue weighted by Crippen LogP contribution is 2.24. The molecule has 0 saturated heterocycles. The maximum absolute atomic E-state index is 12.3. The third-order valence-electron chi connectivity index (χ3n) is 1.56. The van der Waals surface area contributed by atoms with Crippen molar-refractivity contribution in [3.63, 3.8) is 0 Å². The lowest BCUT2D eigenvalue weighted by molar-refractivity contribution is 0.110. The first kappa shape index (κ1) is 8.77. The first-order chi connectivity index (χ1) is 5.66. The van der Waals surface area contributed by atoms with Crippen LogP contribution in [0.1, 0.15) is 27.9 Å². The fourth-order valence-electron chi connectivity index (χ4n) is 0.988. The number of nitrogens with zero attached hydrogens (tertiary/aromatic N) is 1. The molecule has 0 spiro atoms. The van der Waals surface area contributed by atoms with E-state index in [-0.39, 0.29) is 11.1 Å². The van der Waals surface area contributed by atoms with Gasteiger partial charge in [-0.05, 0) is 12.5 Å². The molecule has 1 aromatic heterocycles. The minimum atomic E-state index is -2.62. The van der Waals surface area contributed by atoms with Crippen LogP contribution in [0, 0.1) is 6.92 Å². The topological polar surface area (TPSA) is 30.0 Å². The summed E-state index contributed by atoms with van der Waals surface area (Å²) in [4.78, 5) is 13.9. The van der Waals surface area contributed by atoms with E-state index >= 15 is 0 Å². The summed E-state index contributed by atoms with van der Waals surface area (Å²) in [6.45, 7) is 1.50. The first-order valence-electron chi connectivity index (χ1n) is 3.34. The lowest BCUT2D eigenvalue weighted by Crippen LogP contribution is -1.97. The zero-order valence-electron chi connectivity index (χ0n) is 6.42. The number of aldehydes is 1. The largest absolute Gasteiger partial charge is 0.298 e. The van der Waals surface area contributed by atoms with E-state index in [0.717, 1.165) is 6.20 Å². The van der Waals surface area contributed by atoms with Gasteiger partial charge >= 0.3 is 0 Å². The van der Waals surface area contributed by atoms with Crippen LogP contribution in [0.15, 0.2) is 12.4 Å². The standard InChI is InChI=1S/C8H7F2NO/c1-5-2-11-3-6(4-12)7(5)8(9)10/h2-4,8H,1H3. The highest BCUT2D eigenvalue weighted by molar-refractivity contribution is 5.77. The molecule has 2 nitrogen and oxygen atoms in total. The van der Waals surface area contributed by atoms with Gasteiger partial charge in [0.15, 0.2) is 6.29 Å². The molecule has 0 aromatic carbocycles. The van der Waals surface area contributed by atoms with Crippen LogP contribution in [0.25, 0.3) is 0 Å². The first-order valence-corrected chi connectivity index (χ1v) is 3.34. The third-order valence-corrected chi connectivity index (χ3v) is 1.56. The van der Waals surface area contributed by atoms with Gasteiger partial charge < -0.3 is 0 Å². The molecule has 1 aromatic rings. The number of carbonyl (C=O) groups excluding carboxylic acids is 1. The minimum absolute atomic E-state index is 0.0370. The molecule has 0 aliphatic carbocycles. The van der Waals surface area contributed by atoms with E-state index in [1.807, 2.05) is 0 Å². The van der Waals surface area contributed by atoms with Crippen LogP contribution in [0.5, 0.6) is 0 Å². The van der Waals surface area contributed by atoms with E-state index in [0.29, 0.717) is 11.8 Å². The summed E-state index contributed by atoms with van der Waals surface area (Å²) in [5.41, 5.74) is 0.0830. The highest BCUT2D eigenvalue weighted by Gasteiger charge is 2.15. The Kier molecular flexibility index (Phi) is 2.47. The van der Waals surface area contributed by atoms with Crippen LogP contribution < -0.4 is 0 Å². The van der Waals surface area contributed by atoms with Gasteiger partial charge in [-0.1, -0.05) is 0 Å². The van der Waals surface area contributed by atoms with Gasteiger partial charge in [0, 0.05) is 23.5 Å². The maximum Gasteiger partial charge on any atom is 0.264 e. The predicted molar refractivity (Wildman–Crippen MR) is 39.3 cm³/mol. The zero-order chi connectivity index (χ0) is 9.14. The van der Waals surface area contributed by atoms with Crippen molar-refractivity contribution in [2.45, 2.75) is 13.3 Å². The number of hydrogen-bond acceptors (Lipinski definition) is 2. The van der Waals surface area contributed by atoms with Crippen molar-refractivity contribution in [2.24, 2.45) is 0 Å². The molecule has 1 rings (SSSR count). The Labute approximate surface area is 68.2 Å². The van der Waals surface area contributed by atoms with Crippen LogP contribution in [0.3, 0.4) is 0 Å². The van der Waals surface area contributed by atoms with Crippen molar-refractivity contribution < 1.29 is 13.6 Å². The number of rotatable bonds is 2. The van der Waals surface area contributed by atoms with E-state index in [4.69, 9.17) is 0 Å². The Morgan fingerprint density at radius 1 is 1.50 bits per heavy atom. The SMILES string of the molecule is Cc1cncc(C=O)c1C(F)F. The van der Waals surface area contributed by atoms with Gasteiger partial charge in [-0.15, -0.1) is 0 Å². The van der Waals surface area contributed by atoms with Gasteiger partial charge in [-0.2, -0.15) is 0 Å². The van der Waals surface area contributed by atoms with Crippen molar-refractivity contribution in [3.05, 3.63) is 29.1 Å². The molecule has 0 atom stereocenters. The number of halogens is 2. The van der Waals surface area contributed by atoms with Crippen molar-refractivity contribution in [2.75, 3.05) is 0 Å². The molecule has 1 heterocycles. The predicted octanol–water partition coefficient (Wildman–Crippen LogP) is 2.14. The molecule has 0 unspecified atom stereocenters. The minimum Gasteiger partial charge on any atom is -0.298 e. The van der Waals surface area contributed by atoms with E-state index in [1.54, 1.807) is 0 Å². The fraction of sp³-hybridized carbons (Fsp3) is 0.250. The number of pyridine rings is 1. The second-order valence-corrected chi connectivity index (χ2v) is 2.38. The van der Waals surface area contributed by atoms with Crippen molar-refractivity contribution in [1.29, 1.82) is 0 Å². The Bertz CT molecular complexity index is 299. The summed E-state index contributed by atoms with van der Waals surface area (Å²) in [6.07, 6.45) is 0.227. The molecule has 0 saturated carbocycles. The summed E-state index contributed by atoms with van der Waals surface area (Å²) < 4.78 is 24.6. The molecule has 4 heteroatoms. The summed E-state index contributed by atoms with van der Waals surface area (Å²) in [5.74, 6) is 0. The molecule has 0 fully saturated rings. The van der Waals surface area contributed by atoms with E-state index in [1.165, 1.54) is 13.1 Å². The van der Waals surface area contributed by atoms with Gasteiger partial charge in [0.25, 0.3) is 6.43 Å². The normalized spacial score (nSPS) is 10.3. The van der Waals surface area contributed by atoms with Crippen LogP contribution in [0.4, 0.5) is 8.78 Å². The summed E-state index contributed by atoms with van der Waals surface area (Å²) in [7, 11) is 0. The number of hydrogen-bond donors (Lipinski definition) is 0. The highest BCUT2D eigenvalue weighted by atomic mass is 19.3. The van der Waals surface area contributed by atoms with E-state index in [9.17, 15) is 13.6 Å². The number of alkyl halides is 2. The van der Waals surface area contributed by atoms with Crippen LogP contribution in [0.2, 0.25) is 0 Å². The van der Waals surface area contributed by atoms with Crippen LogP contribution in [-0.2, 0) is 0 Å². The molecular weight excluding hydrogens is 164 g/mol. The molecule has 0 aliphatic heterocycles.